The van der Waals surface area contributed by atoms with Crippen molar-refractivity contribution in [2.24, 2.45) is 0 Å². The minimum absolute atomic E-state index is 0.0318. The molecule has 0 aliphatic heterocycles. The molecule has 0 aliphatic carbocycles. The summed E-state index contributed by atoms with van der Waals surface area (Å²) in [7, 11) is 0. The van der Waals surface area contributed by atoms with E-state index in [2.05, 4.69) is 95.3 Å². The maximum absolute atomic E-state index is 13.1. The van der Waals surface area contributed by atoms with Gasteiger partial charge in [-0.1, -0.05) is 222 Å². The number of hydrogen-bond donors (Lipinski definition) is 1. The van der Waals surface area contributed by atoms with E-state index in [1.54, 1.807) is 58.5 Å². The molecule has 13 aromatic carbocycles. The Morgan fingerprint density at radius 3 is 0.687 bits per heavy atom. The maximum Gasteiger partial charge on any atom is 0.163 e. The number of anilines is 1. The smallest absolute Gasteiger partial charge is 0.163 e. The third-order valence-corrected chi connectivity index (χ3v) is 24.3. The van der Waals surface area contributed by atoms with Crippen LogP contribution in [-0.4, -0.2) is 65.5 Å². The van der Waals surface area contributed by atoms with Gasteiger partial charge in [0, 0.05) is 95.0 Å². The van der Waals surface area contributed by atoms with E-state index in [1.165, 1.54) is 6.33 Å². The van der Waals surface area contributed by atoms with Gasteiger partial charge in [0.05, 0.1) is 22.4 Å². The molecule has 0 bridgehead atoms. The Bertz CT molecular complexity index is 6590. The lowest BCUT2D eigenvalue weighted by molar-refractivity contribution is -0.139. The van der Waals surface area contributed by atoms with Gasteiger partial charge in [-0.25, -0.2) is 15.0 Å². The Balaban J connectivity index is 0.000000152. The molecule has 0 aliphatic rings. The lowest BCUT2D eigenvalue weighted by atomic mass is 9.81. The van der Waals surface area contributed by atoms with Crippen LogP contribution in [0.15, 0.2) is 280 Å². The van der Waals surface area contributed by atoms with Gasteiger partial charge < -0.3 is 24.7 Å². The van der Waals surface area contributed by atoms with Crippen molar-refractivity contribution in [2.75, 3.05) is 5.73 Å². The number of nitrogens with two attached hydrogens (primary N) is 1. The highest BCUT2D eigenvalue weighted by Gasteiger charge is 2.37. The van der Waals surface area contributed by atoms with Gasteiger partial charge in [0.1, 0.15) is 36.6 Å². The average Bonchev–Trinajstić information content (AvgIpc) is 0.748. The van der Waals surface area contributed by atoms with E-state index in [0.29, 0.717) is 30.9 Å². The largest absolute Gasteiger partial charge is 0.384 e. The molecule has 13 nitrogen and oxygen atoms in total. The van der Waals surface area contributed by atoms with E-state index < -0.39 is 46.8 Å². The van der Waals surface area contributed by atoms with Crippen LogP contribution in [0.25, 0.3) is 132 Å². The van der Waals surface area contributed by atoms with Gasteiger partial charge in [-0.05, 0) is 355 Å². The van der Waals surface area contributed by atoms with Crippen molar-refractivity contribution >= 4 is 130 Å². The summed E-state index contributed by atoms with van der Waals surface area (Å²) >= 11 is 31.0. The molecule has 4 atom stereocenters. The zero-order valence-electron chi connectivity index (χ0n) is 79.4. The number of ketones is 4. The summed E-state index contributed by atoms with van der Waals surface area (Å²) in [6.07, 6.45) is 7.64. The number of ether oxygens (including phenoxy) is 4. The highest BCUT2D eigenvalue weighted by Crippen LogP contribution is 2.52. The number of Topliss-reactive ketones (excluding diaryl/α,β-unsaturated/α-hetero) is 4. The number of carbonyl (C=O) groups is 4. The number of benzene rings is 13. The summed E-state index contributed by atoms with van der Waals surface area (Å²) in [6.45, 7) is 38.2. The summed E-state index contributed by atoms with van der Waals surface area (Å²) in [4.78, 5) is 69.4. The van der Waals surface area contributed by atoms with E-state index in [0.717, 1.165) is 177 Å². The molecule has 2 N–H and O–H groups in total. The van der Waals surface area contributed by atoms with Crippen LogP contribution in [0.2, 0.25) is 25.1 Å². The van der Waals surface area contributed by atoms with Gasteiger partial charge >= 0.3 is 0 Å². The SMILES string of the molecule is CC(=O)C(OC(C)(C)C)c1c(C)c(-c2ccc(Cl)cc2)c2ccccc2c1-c1ccc(Cl)cc1.CC(=O)C(OC(C)(C)C)c1c(C)c(-c2ccc(N)nc2)c2ccccc2c1-c1ccc(Cl)cc1.CC(=O)C(OC(C)(C)C)c1c(C)c(-c2cccnc2)c2ccccc2c1-c1ccc(Cl)cc1.CC(=O)C(OC(C)(C)C)c1c(C)c(-c2cncnc2)c2ccccc2c1-c1ccc(Cl)cc1. The zero-order valence-corrected chi connectivity index (χ0v) is 83.2. The number of hydrogen-bond acceptors (Lipinski definition) is 13. The van der Waals surface area contributed by atoms with E-state index >= 15 is 0 Å². The Morgan fingerprint density at radius 2 is 0.470 bits per heavy atom. The number of pyridine rings is 2. The second kappa shape index (κ2) is 41.9. The third kappa shape index (κ3) is 23.0. The highest BCUT2D eigenvalue weighted by molar-refractivity contribution is 6.32. The third-order valence-electron chi connectivity index (χ3n) is 23.0. The Kier molecular flexibility index (Phi) is 31.1. The van der Waals surface area contributed by atoms with Crippen molar-refractivity contribution < 1.29 is 38.1 Å². The van der Waals surface area contributed by atoms with Gasteiger partial charge in [0.15, 0.2) is 23.1 Å². The molecule has 16 rings (SSSR count). The van der Waals surface area contributed by atoms with E-state index in [1.807, 2.05) is 278 Å². The molecule has 684 valence electrons. The zero-order chi connectivity index (χ0) is 96.7. The monoisotopic (exact) mass is 1880 g/mol. The van der Waals surface area contributed by atoms with E-state index in [4.69, 9.17) is 82.7 Å². The summed E-state index contributed by atoms with van der Waals surface area (Å²) < 4.78 is 25.6. The Hall–Kier alpha value is -12.0. The fourth-order valence-electron chi connectivity index (χ4n) is 17.8. The quantitative estimate of drug-likeness (QED) is 0.0761. The average molecular weight is 1880 g/mol. The number of carbonyl (C=O) groups excluding carboxylic acids is 4. The van der Waals surface area contributed by atoms with Crippen molar-refractivity contribution in [3.05, 3.63) is 350 Å². The molecule has 0 amide bonds. The second-order valence-corrected chi connectivity index (χ2v) is 39.8. The minimum atomic E-state index is -0.740. The Morgan fingerprint density at radius 1 is 0.261 bits per heavy atom. The maximum atomic E-state index is 13.1. The van der Waals surface area contributed by atoms with E-state index in [-0.39, 0.29) is 23.1 Å². The molecule has 3 heterocycles. The number of fused-ring (bicyclic) bond motifs is 4. The molecule has 3 aromatic heterocycles. The number of rotatable bonds is 20. The van der Waals surface area contributed by atoms with Crippen LogP contribution in [0.5, 0.6) is 0 Å². The van der Waals surface area contributed by atoms with Gasteiger partial charge in [-0.2, -0.15) is 0 Å². The molecule has 0 saturated carbocycles. The van der Waals surface area contributed by atoms with Gasteiger partial charge in [0.2, 0.25) is 0 Å². The predicted octanol–water partition coefficient (Wildman–Crippen LogP) is 32.1. The second-order valence-electron chi connectivity index (χ2n) is 37.6. The molecule has 0 saturated heterocycles. The molecule has 4 unspecified atom stereocenters. The minimum Gasteiger partial charge on any atom is -0.384 e. The Labute approximate surface area is 811 Å². The normalized spacial score (nSPS) is 12.7. The first kappa shape index (κ1) is 99.5. The first-order valence-electron chi connectivity index (χ1n) is 44.6. The van der Waals surface area contributed by atoms with Crippen molar-refractivity contribution in [1.29, 1.82) is 0 Å². The van der Waals surface area contributed by atoms with Crippen LogP contribution >= 0.6 is 58.0 Å². The van der Waals surface area contributed by atoms with Crippen molar-refractivity contribution in [2.45, 2.75) is 185 Å². The fourth-order valence-corrected chi connectivity index (χ4v) is 18.4. The topological polar surface area (TPSA) is 183 Å². The number of halogens is 5. The van der Waals surface area contributed by atoms with Crippen LogP contribution in [-0.2, 0) is 38.1 Å². The molecule has 16 aromatic rings. The molecular formula is C116H112Cl5N5O8. The van der Waals surface area contributed by atoms with E-state index in [9.17, 15) is 19.2 Å². The molecule has 0 radical (unpaired) electrons. The van der Waals surface area contributed by atoms with Crippen molar-refractivity contribution in [1.82, 2.24) is 19.9 Å². The van der Waals surface area contributed by atoms with Crippen LogP contribution in [0.4, 0.5) is 5.82 Å². The summed E-state index contributed by atoms with van der Waals surface area (Å²) in [5.41, 5.74) is 27.2. The fraction of sp³-hybridized carbons (Fsp3) is 0.241. The van der Waals surface area contributed by atoms with Gasteiger partial charge in [0.25, 0.3) is 0 Å². The lowest BCUT2D eigenvalue weighted by Crippen LogP contribution is -2.27. The van der Waals surface area contributed by atoms with Crippen LogP contribution in [0.1, 0.15) is 180 Å². The van der Waals surface area contributed by atoms with Crippen LogP contribution in [0.3, 0.4) is 0 Å². The molecule has 18 heteroatoms. The number of nitrogen functional groups attached to an aromatic ring is 1. The number of nitrogens with zero attached hydrogens (tertiary/aromatic N) is 4. The molecule has 0 spiro atoms. The first-order chi connectivity index (χ1) is 63.5. The highest BCUT2D eigenvalue weighted by atomic mass is 35.5. The molecule has 0 fully saturated rings. The molecular weight excluding hydrogens is 1770 g/mol. The standard InChI is InChI=1S/C30H28Cl2O2.C29H29ClN2O2.C29H28ClNO2.C28H27ClN2O2/c1-18-26(20-10-14-22(31)15-11-20)24-8-6-7-9-25(24)28(21-12-16-23(32)17-13-21)27(18)29(19(2)33)34-30(3,4)5;1-17-25(20-12-15-24(31)32-16-20)22-8-6-7-9-23(22)27(19-10-13-21(30)14-11-19)26(17)28(18(2)33)34-29(3,4)5;1-18-25(21-9-8-16-31-17-21)23-10-6-7-11-24(23)27(20-12-14-22(30)15-13-20)26(18)28(19(2)32)33-29(3,4)5;1-17-24(20-14-30-16-31-15-20)22-8-6-7-9-23(22)26(19-10-12-21(29)13-11-19)25(17)27(18(2)32)33-28(3,4)5/h6-17,29H,1-5H3;6-16,28H,1-5H3,(H2,31,32);6-17,28H,1-5H3;6-16,27H,1-5H3. The molecule has 134 heavy (non-hydrogen) atoms. The van der Waals surface area contributed by atoms with Gasteiger partial charge in [-0.3, -0.25) is 24.2 Å². The van der Waals surface area contributed by atoms with Crippen molar-refractivity contribution in [3.63, 3.8) is 0 Å². The summed E-state index contributed by atoms with van der Waals surface area (Å²) in [6, 6.07) is 79.6. The number of aromatic nitrogens is 4. The summed E-state index contributed by atoms with van der Waals surface area (Å²) in [5.74, 6) is 0.293. The lowest BCUT2D eigenvalue weighted by Gasteiger charge is -2.31. The summed E-state index contributed by atoms with van der Waals surface area (Å²) in [5, 5.41) is 11.9. The van der Waals surface area contributed by atoms with Gasteiger partial charge in [-0.15, -0.1) is 0 Å². The van der Waals surface area contributed by atoms with Crippen molar-refractivity contribution in [3.8, 4) is 89.0 Å². The predicted molar refractivity (Wildman–Crippen MR) is 556 cm³/mol. The first-order valence-corrected chi connectivity index (χ1v) is 46.5. The van der Waals surface area contributed by atoms with Crippen LogP contribution in [0, 0.1) is 27.7 Å². The van der Waals surface area contributed by atoms with Crippen LogP contribution < -0.4 is 5.73 Å².